The topological polar surface area (TPSA) is 38.9 Å². The van der Waals surface area contributed by atoms with E-state index in [-0.39, 0.29) is 5.82 Å². The first-order valence-electron chi connectivity index (χ1n) is 3.52. The third kappa shape index (κ3) is 1.76. The van der Waals surface area contributed by atoms with Crippen LogP contribution >= 0.6 is 22.9 Å². The Labute approximate surface area is 86.3 Å². The van der Waals surface area contributed by atoms with Crippen LogP contribution in [0.3, 0.4) is 0 Å². The van der Waals surface area contributed by atoms with Gasteiger partial charge in [0.1, 0.15) is 0 Å². The molecule has 0 amide bonds. The molecule has 0 aliphatic rings. The van der Waals surface area contributed by atoms with Crippen molar-refractivity contribution in [2.75, 3.05) is 0 Å². The standard InChI is InChI=1S/C7H3ClF2N2OS/c8-7(9,10)6-11-5(12-13-6)4-2-1-3-14-4/h1-3H. The van der Waals surface area contributed by atoms with Gasteiger partial charge < -0.3 is 4.52 Å². The molecule has 0 fully saturated rings. The average Bonchev–Trinajstić information content (AvgIpc) is 2.73. The highest BCUT2D eigenvalue weighted by Crippen LogP contribution is 2.32. The van der Waals surface area contributed by atoms with Gasteiger partial charge in [0, 0.05) is 0 Å². The van der Waals surface area contributed by atoms with Crippen molar-refractivity contribution in [1.29, 1.82) is 0 Å². The van der Waals surface area contributed by atoms with Gasteiger partial charge in [-0.3, -0.25) is 0 Å². The van der Waals surface area contributed by atoms with Crippen LogP contribution in [0.15, 0.2) is 22.0 Å². The highest BCUT2D eigenvalue weighted by atomic mass is 35.5. The quantitative estimate of drug-likeness (QED) is 0.752. The summed E-state index contributed by atoms with van der Waals surface area (Å²) >= 11 is 6.03. The molecule has 0 aliphatic heterocycles. The van der Waals surface area contributed by atoms with Gasteiger partial charge in [0.15, 0.2) is 0 Å². The van der Waals surface area contributed by atoms with Gasteiger partial charge in [-0.15, -0.1) is 11.3 Å². The van der Waals surface area contributed by atoms with Crippen molar-refractivity contribution in [3.63, 3.8) is 0 Å². The van der Waals surface area contributed by atoms with E-state index in [2.05, 4.69) is 14.7 Å². The molecule has 7 heteroatoms. The van der Waals surface area contributed by atoms with E-state index in [0.29, 0.717) is 4.88 Å². The molecule has 2 rings (SSSR count). The van der Waals surface area contributed by atoms with Crippen molar-refractivity contribution >= 4 is 22.9 Å². The van der Waals surface area contributed by atoms with E-state index in [1.165, 1.54) is 11.3 Å². The highest BCUT2D eigenvalue weighted by Gasteiger charge is 2.35. The molecule has 0 saturated carbocycles. The number of alkyl halides is 3. The predicted molar refractivity (Wildman–Crippen MR) is 47.4 cm³/mol. The summed E-state index contributed by atoms with van der Waals surface area (Å²) in [7, 11) is 0. The van der Waals surface area contributed by atoms with E-state index < -0.39 is 11.3 Å². The van der Waals surface area contributed by atoms with Gasteiger partial charge in [0.2, 0.25) is 5.82 Å². The second-order valence-corrected chi connectivity index (χ2v) is 3.82. The van der Waals surface area contributed by atoms with E-state index >= 15 is 0 Å². The van der Waals surface area contributed by atoms with Crippen molar-refractivity contribution in [2.45, 2.75) is 5.38 Å². The number of hydrogen-bond acceptors (Lipinski definition) is 4. The maximum atomic E-state index is 12.5. The van der Waals surface area contributed by atoms with Crippen LogP contribution in [0.25, 0.3) is 10.7 Å². The number of nitrogens with zero attached hydrogens (tertiary/aromatic N) is 2. The first kappa shape index (κ1) is 9.54. The monoisotopic (exact) mass is 236 g/mol. The molecule has 2 aromatic rings. The molecule has 0 saturated heterocycles. The summed E-state index contributed by atoms with van der Waals surface area (Å²) in [5.74, 6) is -0.766. The summed E-state index contributed by atoms with van der Waals surface area (Å²) in [6, 6.07) is 3.46. The fourth-order valence-electron chi connectivity index (χ4n) is 0.844. The molecular weight excluding hydrogens is 234 g/mol. The van der Waals surface area contributed by atoms with Gasteiger partial charge in [-0.05, 0) is 23.0 Å². The second kappa shape index (κ2) is 3.29. The molecule has 2 heterocycles. The molecule has 0 spiro atoms. The number of thiophene rings is 1. The zero-order chi connectivity index (χ0) is 10.2. The molecule has 0 aromatic carbocycles. The van der Waals surface area contributed by atoms with Gasteiger partial charge >= 0.3 is 11.3 Å². The lowest BCUT2D eigenvalue weighted by molar-refractivity contribution is 0.0551. The largest absolute Gasteiger partial charge is 0.400 e. The van der Waals surface area contributed by atoms with Crippen LogP contribution in [-0.2, 0) is 5.38 Å². The van der Waals surface area contributed by atoms with Crippen LogP contribution < -0.4 is 0 Å². The second-order valence-electron chi connectivity index (χ2n) is 2.40. The van der Waals surface area contributed by atoms with Crippen molar-refractivity contribution in [2.24, 2.45) is 0 Å². The summed E-state index contributed by atoms with van der Waals surface area (Å²) in [5.41, 5.74) is 0. The van der Waals surface area contributed by atoms with Crippen molar-refractivity contribution in [1.82, 2.24) is 10.1 Å². The summed E-state index contributed by atoms with van der Waals surface area (Å²) < 4.78 is 29.3. The van der Waals surface area contributed by atoms with E-state index in [1.807, 2.05) is 0 Å². The van der Waals surface area contributed by atoms with Crippen molar-refractivity contribution in [3.05, 3.63) is 23.4 Å². The van der Waals surface area contributed by atoms with Crippen LogP contribution in [-0.4, -0.2) is 10.1 Å². The van der Waals surface area contributed by atoms with Crippen molar-refractivity contribution < 1.29 is 13.3 Å². The van der Waals surface area contributed by atoms with Crippen LogP contribution in [0.4, 0.5) is 8.78 Å². The van der Waals surface area contributed by atoms with E-state index in [4.69, 9.17) is 11.6 Å². The molecule has 0 unspecified atom stereocenters. The minimum Gasteiger partial charge on any atom is -0.331 e. The van der Waals surface area contributed by atoms with E-state index in [0.717, 1.165) is 0 Å². The molecule has 0 atom stereocenters. The Morgan fingerprint density at radius 1 is 1.50 bits per heavy atom. The summed E-state index contributed by atoms with van der Waals surface area (Å²) in [6.07, 6.45) is 0. The first-order valence-corrected chi connectivity index (χ1v) is 4.78. The minimum atomic E-state index is -3.61. The van der Waals surface area contributed by atoms with Crippen molar-refractivity contribution in [3.8, 4) is 10.7 Å². The Morgan fingerprint density at radius 3 is 2.79 bits per heavy atom. The van der Waals surface area contributed by atoms with Crippen LogP contribution in [0.2, 0.25) is 0 Å². The van der Waals surface area contributed by atoms with Crippen LogP contribution in [0.5, 0.6) is 0 Å². The molecule has 3 nitrogen and oxygen atoms in total. The molecule has 0 aliphatic carbocycles. The summed E-state index contributed by atoms with van der Waals surface area (Å²) in [6.45, 7) is 0. The van der Waals surface area contributed by atoms with E-state index in [9.17, 15) is 8.78 Å². The predicted octanol–water partition coefficient (Wildman–Crippen LogP) is 3.09. The number of aromatic nitrogens is 2. The number of halogens is 3. The SMILES string of the molecule is FC(F)(Cl)c1nc(-c2cccs2)no1. The lowest BCUT2D eigenvalue weighted by Crippen LogP contribution is -2.03. The molecular formula is C7H3ClF2N2OS. The molecule has 0 bridgehead atoms. The highest BCUT2D eigenvalue weighted by molar-refractivity contribution is 7.13. The zero-order valence-corrected chi connectivity index (χ0v) is 8.15. The molecule has 0 N–H and O–H groups in total. The molecule has 0 radical (unpaired) electrons. The molecule has 2 aromatic heterocycles. The fraction of sp³-hybridized carbons (Fsp3) is 0.143. The van der Waals surface area contributed by atoms with Gasteiger partial charge in [0.25, 0.3) is 0 Å². The maximum Gasteiger partial charge on any atom is 0.400 e. The van der Waals surface area contributed by atoms with Gasteiger partial charge in [-0.1, -0.05) is 11.2 Å². The minimum absolute atomic E-state index is 0.121. The summed E-state index contributed by atoms with van der Waals surface area (Å²) in [5, 5.41) is 1.56. The van der Waals surface area contributed by atoms with Crippen LogP contribution in [0.1, 0.15) is 5.89 Å². The van der Waals surface area contributed by atoms with Gasteiger partial charge in [0.05, 0.1) is 4.88 Å². The smallest absolute Gasteiger partial charge is 0.331 e. The maximum absolute atomic E-state index is 12.5. The number of hydrogen-bond donors (Lipinski definition) is 0. The van der Waals surface area contributed by atoms with Gasteiger partial charge in [-0.2, -0.15) is 13.8 Å². The van der Waals surface area contributed by atoms with Crippen LogP contribution in [0, 0.1) is 0 Å². The lowest BCUT2D eigenvalue weighted by atomic mass is 10.4. The Kier molecular flexibility index (Phi) is 2.24. The third-order valence-corrected chi connectivity index (χ3v) is 2.44. The van der Waals surface area contributed by atoms with Gasteiger partial charge in [-0.25, -0.2) is 0 Å². The zero-order valence-electron chi connectivity index (χ0n) is 6.58. The summed E-state index contributed by atoms with van der Waals surface area (Å²) in [4.78, 5) is 4.13. The Bertz CT molecular complexity index is 423. The normalized spacial score (nSPS) is 11.9. The lowest BCUT2D eigenvalue weighted by Gasteiger charge is -1.97. The average molecular weight is 237 g/mol. The Balaban J connectivity index is 2.36. The van der Waals surface area contributed by atoms with E-state index in [1.54, 1.807) is 17.5 Å². The Morgan fingerprint density at radius 2 is 2.29 bits per heavy atom. The fourth-order valence-corrected chi connectivity index (χ4v) is 1.57. The Hall–Kier alpha value is -1.01. The molecule has 74 valence electrons. The first-order chi connectivity index (χ1) is 6.57. The number of rotatable bonds is 2. The molecule has 14 heavy (non-hydrogen) atoms. The third-order valence-electron chi connectivity index (χ3n) is 1.41.